The molecule has 0 fully saturated rings. The molecule has 22 heavy (non-hydrogen) atoms. The lowest BCUT2D eigenvalue weighted by molar-refractivity contribution is -0.146. The standard InChI is InChI=1S/C17H33NO4/c1-5-7-9-10-12-21-16(19)15(13-14(3)4)18-17(20)22-11-8-6-2/h14-15H,5-13H2,1-4H3,(H,18,20)/t15-/m0/s1. The normalized spacial score (nSPS) is 12.0. The van der Waals surface area contributed by atoms with Gasteiger partial charge in [0.15, 0.2) is 0 Å². The van der Waals surface area contributed by atoms with Gasteiger partial charge in [0.1, 0.15) is 6.04 Å². The molecular weight excluding hydrogens is 282 g/mol. The summed E-state index contributed by atoms with van der Waals surface area (Å²) in [7, 11) is 0. The van der Waals surface area contributed by atoms with Gasteiger partial charge in [0.25, 0.3) is 0 Å². The van der Waals surface area contributed by atoms with Gasteiger partial charge in [-0.3, -0.25) is 0 Å². The summed E-state index contributed by atoms with van der Waals surface area (Å²) >= 11 is 0. The average molecular weight is 315 g/mol. The summed E-state index contributed by atoms with van der Waals surface area (Å²) in [5, 5.41) is 2.62. The maximum Gasteiger partial charge on any atom is 0.407 e. The van der Waals surface area contributed by atoms with Crippen molar-refractivity contribution >= 4 is 12.1 Å². The molecule has 0 aliphatic heterocycles. The van der Waals surface area contributed by atoms with E-state index in [1.807, 2.05) is 20.8 Å². The van der Waals surface area contributed by atoms with Crippen molar-refractivity contribution in [2.24, 2.45) is 5.92 Å². The van der Waals surface area contributed by atoms with E-state index in [9.17, 15) is 9.59 Å². The minimum absolute atomic E-state index is 0.286. The number of nitrogens with one attached hydrogen (secondary N) is 1. The summed E-state index contributed by atoms with van der Waals surface area (Å²) in [5.74, 6) is -0.0776. The second-order valence-electron chi connectivity index (χ2n) is 6.04. The zero-order valence-corrected chi connectivity index (χ0v) is 14.7. The highest BCUT2D eigenvalue weighted by Crippen LogP contribution is 2.08. The number of amides is 1. The molecule has 5 heteroatoms. The lowest BCUT2D eigenvalue weighted by Gasteiger charge is -2.19. The molecule has 130 valence electrons. The molecule has 0 aromatic heterocycles. The van der Waals surface area contributed by atoms with Crippen LogP contribution >= 0.6 is 0 Å². The molecule has 0 bridgehead atoms. The third-order valence-corrected chi connectivity index (χ3v) is 3.26. The van der Waals surface area contributed by atoms with Crippen molar-refractivity contribution in [3.63, 3.8) is 0 Å². The number of carbonyl (C=O) groups is 2. The lowest BCUT2D eigenvalue weighted by Crippen LogP contribution is -2.43. The number of alkyl carbamates (subject to hydrolysis) is 1. The summed E-state index contributed by atoms with van der Waals surface area (Å²) in [6.07, 6.45) is 6.02. The second kappa shape index (κ2) is 13.4. The lowest BCUT2D eigenvalue weighted by atomic mass is 10.0. The molecule has 0 aromatic rings. The van der Waals surface area contributed by atoms with Crippen LogP contribution in [0.25, 0.3) is 0 Å². The largest absolute Gasteiger partial charge is 0.464 e. The molecule has 0 saturated carbocycles. The van der Waals surface area contributed by atoms with E-state index in [4.69, 9.17) is 9.47 Å². The molecule has 0 aliphatic rings. The van der Waals surface area contributed by atoms with Gasteiger partial charge >= 0.3 is 12.1 Å². The monoisotopic (exact) mass is 315 g/mol. The Hall–Kier alpha value is -1.26. The smallest absolute Gasteiger partial charge is 0.407 e. The van der Waals surface area contributed by atoms with Crippen molar-refractivity contribution in [2.75, 3.05) is 13.2 Å². The molecule has 0 rings (SSSR count). The highest BCUT2D eigenvalue weighted by Gasteiger charge is 2.23. The maximum atomic E-state index is 12.1. The van der Waals surface area contributed by atoms with Crippen LogP contribution in [0.1, 0.15) is 72.6 Å². The first-order chi connectivity index (χ1) is 10.5. The van der Waals surface area contributed by atoms with Crippen molar-refractivity contribution in [3.05, 3.63) is 0 Å². The van der Waals surface area contributed by atoms with Gasteiger partial charge in [-0.1, -0.05) is 53.4 Å². The highest BCUT2D eigenvalue weighted by atomic mass is 16.6. The van der Waals surface area contributed by atoms with Crippen LogP contribution in [0.3, 0.4) is 0 Å². The Morgan fingerprint density at radius 1 is 0.909 bits per heavy atom. The average Bonchev–Trinajstić information content (AvgIpc) is 2.46. The number of ether oxygens (including phenoxy) is 2. The van der Waals surface area contributed by atoms with Crippen molar-refractivity contribution in [3.8, 4) is 0 Å². The molecule has 0 saturated heterocycles. The van der Waals surface area contributed by atoms with Crippen LogP contribution < -0.4 is 5.32 Å². The van der Waals surface area contributed by atoms with Crippen molar-refractivity contribution in [2.45, 2.75) is 78.7 Å². The van der Waals surface area contributed by atoms with Crippen molar-refractivity contribution < 1.29 is 19.1 Å². The van der Waals surface area contributed by atoms with Gasteiger partial charge in [0, 0.05) is 0 Å². The summed E-state index contributed by atoms with van der Waals surface area (Å²) in [5.41, 5.74) is 0. The van der Waals surface area contributed by atoms with Gasteiger partial charge < -0.3 is 14.8 Å². The molecule has 0 spiro atoms. The maximum absolute atomic E-state index is 12.1. The number of hydrogen-bond donors (Lipinski definition) is 1. The Balaban J connectivity index is 4.19. The van der Waals surface area contributed by atoms with E-state index >= 15 is 0 Å². The summed E-state index contributed by atoms with van der Waals surface area (Å²) in [6, 6.07) is -0.625. The van der Waals surface area contributed by atoms with Crippen molar-refractivity contribution in [1.82, 2.24) is 5.32 Å². The number of carbonyl (C=O) groups excluding carboxylic acids is 2. The number of unbranched alkanes of at least 4 members (excludes halogenated alkanes) is 4. The molecule has 0 heterocycles. The van der Waals surface area contributed by atoms with Crippen molar-refractivity contribution in [1.29, 1.82) is 0 Å². The minimum atomic E-state index is -0.625. The van der Waals surface area contributed by atoms with Gasteiger partial charge in [-0.15, -0.1) is 0 Å². The fourth-order valence-electron chi connectivity index (χ4n) is 1.98. The third-order valence-electron chi connectivity index (χ3n) is 3.26. The molecular formula is C17H33NO4. The molecule has 1 N–H and O–H groups in total. The first-order valence-electron chi connectivity index (χ1n) is 8.61. The Morgan fingerprint density at radius 2 is 1.55 bits per heavy atom. The zero-order valence-electron chi connectivity index (χ0n) is 14.7. The Morgan fingerprint density at radius 3 is 2.14 bits per heavy atom. The molecule has 0 aromatic carbocycles. The van der Waals surface area contributed by atoms with Crippen LogP contribution in [0.2, 0.25) is 0 Å². The molecule has 5 nitrogen and oxygen atoms in total. The molecule has 1 atom stereocenters. The Kier molecular flexibility index (Phi) is 12.6. The van der Waals surface area contributed by atoms with E-state index in [2.05, 4.69) is 12.2 Å². The van der Waals surface area contributed by atoms with E-state index in [0.717, 1.165) is 38.5 Å². The molecule has 1 amide bonds. The molecule has 0 unspecified atom stereocenters. The van der Waals surface area contributed by atoms with Crippen LogP contribution in [-0.2, 0) is 14.3 Å². The first-order valence-corrected chi connectivity index (χ1v) is 8.61. The van der Waals surface area contributed by atoms with Gasteiger partial charge in [-0.05, 0) is 25.2 Å². The Labute approximate surface area is 135 Å². The van der Waals surface area contributed by atoms with E-state index in [1.54, 1.807) is 0 Å². The second-order valence-corrected chi connectivity index (χ2v) is 6.04. The van der Waals surface area contributed by atoms with Gasteiger partial charge in [-0.2, -0.15) is 0 Å². The first kappa shape index (κ1) is 20.7. The minimum Gasteiger partial charge on any atom is -0.464 e. The van der Waals surface area contributed by atoms with Crippen LogP contribution in [-0.4, -0.2) is 31.3 Å². The Bertz CT molecular complexity index is 305. The zero-order chi connectivity index (χ0) is 16.8. The van der Waals surface area contributed by atoms with Gasteiger partial charge in [-0.25, -0.2) is 9.59 Å². The summed E-state index contributed by atoms with van der Waals surface area (Å²) in [6.45, 7) is 8.97. The van der Waals surface area contributed by atoms with Crippen LogP contribution in [0, 0.1) is 5.92 Å². The van der Waals surface area contributed by atoms with Crippen LogP contribution in [0.5, 0.6) is 0 Å². The van der Waals surface area contributed by atoms with E-state index in [1.165, 1.54) is 0 Å². The van der Waals surface area contributed by atoms with E-state index in [-0.39, 0.29) is 11.9 Å². The van der Waals surface area contributed by atoms with Crippen LogP contribution in [0.15, 0.2) is 0 Å². The fourth-order valence-corrected chi connectivity index (χ4v) is 1.98. The fraction of sp³-hybridized carbons (Fsp3) is 0.882. The van der Waals surface area contributed by atoms with Gasteiger partial charge in [0.05, 0.1) is 13.2 Å². The number of hydrogen-bond acceptors (Lipinski definition) is 4. The summed E-state index contributed by atoms with van der Waals surface area (Å²) in [4.78, 5) is 23.8. The predicted octanol–water partition coefficient (Wildman–Crippen LogP) is 4.05. The molecule has 0 radical (unpaired) electrons. The third kappa shape index (κ3) is 11.4. The highest BCUT2D eigenvalue weighted by molar-refractivity contribution is 5.81. The summed E-state index contributed by atoms with van der Waals surface area (Å²) < 4.78 is 10.3. The SMILES string of the molecule is CCCCCCOC(=O)[C@H](CC(C)C)NC(=O)OCCCC. The van der Waals surface area contributed by atoms with E-state index in [0.29, 0.717) is 19.6 Å². The topological polar surface area (TPSA) is 64.6 Å². The predicted molar refractivity (Wildman–Crippen MR) is 87.7 cm³/mol. The number of rotatable bonds is 12. The molecule has 0 aliphatic carbocycles. The van der Waals surface area contributed by atoms with Crippen LogP contribution in [0.4, 0.5) is 4.79 Å². The quantitative estimate of drug-likeness (QED) is 0.436. The van der Waals surface area contributed by atoms with E-state index < -0.39 is 12.1 Å². The van der Waals surface area contributed by atoms with Gasteiger partial charge in [0.2, 0.25) is 0 Å². The number of esters is 1.